The van der Waals surface area contributed by atoms with E-state index in [0.29, 0.717) is 5.69 Å². The molecule has 130 valence electrons. The average molecular weight is 344 g/mol. The van der Waals surface area contributed by atoms with Gasteiger partial charge in [0, 0.05) is 25.8 Å². The lowest BCUT2D eigenvalue weighted by molar-refractivity contribution is -0.124. The second kappa shape index (κ2) is 7.40. The van der Waals surface area contributed by atoms with Crippen molar-refractivity contribution < 1.29 is 17.6 Å². The number of amides is 1. The van der Waals surface area contributed by atoms with Crippen LogP contribution >= 0.6 is 0 Å². The van der Waals surface area contributed by atoms with Gasteiger partial charge in [-0.05, 0) is 44.0 Å². The number of benzene rings is 1. The second-order valence-electron chi connectivity index (χ2n) is 6.15. The van der Waals surface area contributed by atoms with Gasteiger partial charge < -0.3 is 4.90 Å². The molecule has 0 spiro atoms. The highest BCUT2D eigenvalue weighted by Crippen LogP contribution is 2.22. The molecule has 0 radical (unpaired) electrons. The third kappa shape index (κ3) is 4.29. The molecule has 0 N–H and O–H groups in total. The third-order valence-corrected chi connectivity index (χ3v) is 5.83. The first-order valence-corrected chi connectivity index (χ1v) is 8.94. The van der Waals surface area contributed by atoms with Gasteiger partial charge in [-0.25, -0.2) is 12.8 Å². The van der Waals surface area contributed by atoms with Gasteiger partial charge in [-0.2, -0.15) is 4.31 Å². The lowest BCUT2D eigenvalue weighted by Gasteiger charge is -2.23. The average Bonchev–Trinajstić information content (AvgIpc) is 2.51. The van der Waals surface area contributed by atoms with Gasteiger partial charge in [0.05, 0.1) is 4.90 Å². The Labute approximate surface area is 138 Å². The van der Waals surface area contributed by atoms with E-state index in [1.54, 1.807) is 27.7 Å². The van der Waals surface area contributed by atoms with Gasteiger partial charge in [0.2, 0.25) is 10.0 Å². The first-order chi connectivity index (χ1) is 10.5. The molecule has 1 amide bonds. The van der Waals surface area contributed by atoms with Crippen LogP contribution in [0.4, 0.5) is 10.1 Å². The van der Waals surface area contributed by atoms with Crippen molar-refractivity contribution in [2.24, 2.45) is 5.92 Å². The number of nitrogens with zero attached hydrogens (tertiary/aromatic N) is 2. The summed E-state index contributed by atoms with van der Waals surface area (Å²) in [6.07, 6.45) is -1.59. The number of carbonyl (C=O) groups is 1. The summed E-state index contributed by atoms with van der Waals surface area (Å²) in [6.45, 7) is 6.83. The predicted molar refractivity (Wildman–Crippen MR) is 89.7 cm³/mol. The summed E-state index contributed by atoms with van der Waals surface area (Å²) in [5, 5.41) is 0. The van der Waals surface area contributed by atoms with Crippen LogP contribution in [0.15, 0.2) is 29.2 Å². The number of halogens is 1. The molecule has 0 fully saturated rings. The molecule has 0 unspecified atom stereocenters. The van der Waals surface area contributed by atoms with Crippen molar-refractivity contribution in [1.29, 1.82) is 0 Å². The highest BCUT2D eigenvalue weighted by molar-refractivity contribution is 7.89. The lowest BCUT2D eigenvalue weighted by atomic mass is 10.1. The van der Waals surface area contributed by atoms with Crippen molar-refractivity contribution in [1.82, 2.24) is 4.31 Å². The van der Waals surface area contributed by atoms with Crippen molar-refractivity contribution in [2.75, 3.05) is 19.0 Å². The molecule has 23 heavy (non-hydrogen) atoms. The number of anilines is 1. The number of carbonyl (C=O) groups excluding carboxylic acids is 1. The van der Waals surface area contributed by atoms with Gasteiger partial charge >= 0.3 is 0 Å². The van der Waals surface area contributed by atoms with Crippen LogP contribution in [-0.4, -0.2) is 44.9 Å². The van der Waals surface area contributed by atoms with E-state index in [-0.39, 0.29) is 10.9 Å². The molecule has 0 heterocycles. The molecule has 1 atom stereocenters. The fourth-order valence-corrected chi connectivity index (χ4v) is 3.25. The maximum Gasteiger partial charge on any atom is 0.261 e. The Morgan fingerprint density at radius 2 is 1.52 bits per heavy atom. The molecule has 1 aromatic carbocycles. The molecule has 1 rings (SSSR count). The van der Waals surface area contributed by atoms with E-state index in [9.17, 15) is 17.6 Å². The van der Waals surface area contributed by atoms with E-state index >= 15 is 0 Å². The van der Waals surface area contributed by atoms with E-state index in [1.165, 1.54) is 47.6 Å². The van der Waals surface area contributed by atoms with E-state index in [1.807, 2.05) is 0 Å². The zero-order valence-electron chi connectivity index (χ0n) is 14.4. The lowest BCUT2D eigenvalue weighted by Crippen LogP contribution is -2.36. The van der Waals surface area contributed by atoms with Crippen molar-refractivity contribution in [3.63, 3.8) is 0 Å². The minimum atomic E-state index is -3.57. The minimum Gasteiger partial charge on any atom is -0.313 e. The Morgan fingerprint density at radius 1 is 1.04 bits per heavy atom. The molecule has 5 nitrogen and oxygen atoms in total. The van der Waals surface area contributed by atoms with Crippen LogP contribution < -0.4 is 4.90 Å². The Kier molecular flexibility index (Phi) is 6.30. The molecule has 0 aliphatic heterocycles. The van der Waals surface area contributed by atoms with Gasteiger partial charge in [0.15, 0.2) is 6.17 Å². The molecular weight excluding hydrogens is 319 g/mol. The topological polar surface area (TPSA) is 57.7 Å². The number of alkyl halides is 1. The van der Waals surface area contributed by atoms with E-state index in [0.717, 1.165) is 0 Å². The summed E-state index contributed by atoms with van der Waals surface area (Å²) in [4.78, 5) is 13.3. The molecule has 0 bridgehead atoms. The van der Waals surface area contributed by atoms with Crippen LogP contribution in [-0.2, 0) is 14.8 Å². The van der Waals surface area contributed by atoms with Gasteiger partial charge in [-0.1, -0.05) is 13.8 Å². The summed E-state index contributed by atoms with van der Waals surface area (Å²) in [5.74, 6) is -1.06. The molecule has 0 aliphatic rings. The number of hydrogen-bond acceptors (Lipinski definition) is 3. The fourth-order valence-electron chi connectivity index (χ4n) is 1.88. The first-order valence-electron chi connectivity index (χ1n) is 7.49. The van der Waals surface area contributed by atoms with E-state index in [2.05, 4.69) is 0 Å². The van der Waals surface area contributed by atoms with Gasteiger partial charge in [0.25, 0.3) is 5.91 Å². The molecule has 0 saturated heterocycles. The molecule has 0 saturated carbocycles. The van der Waals surface area contributed by atoms with Crippen LogP contribution in [0.5, 0.6) is 0 Å². The summed E-state index contributed by atoms with van der Waals surface area (Å²) >= 11 is 0. The Balaban J connectivity index is 3.03. The third-order valence-electron chi connectivity index (χ3n) is 3.78. The number of rotatable bonds is 6. The first kappa shape index (κ1) is 19.6. The van der Waals surface area contributed by atoms with E-state index in [4.69, 9.17) is 0 Å². The second-order valence-corrected chi connectivity index (χ2v) is 8.15. The summed E-state index contributed by atoms with van der Waals surface area (Å²) in [6, 6.07) is 5.70. The Morgan fingerprint density at radius 3 is 1.91 bits per heavy atom. The standard InChI is InChI=1S/C16H25FN2O3S/c1-11(2)15(17)16(20)18(5)13-7-9-14(10-8-13)23(21,22)19(6)12(3)4/h7-12,15H,1-6H3/t15-/m0/s1. The van der Waals surface area contributed by atoms with Crippen LogP contribution in [0.1, 0.15) is 27.7 Å². The summed E-state index contributed by atoms with van der Waals surface area (Å²) < 4.78 is 39.8. The van der Waals surface area contributed by atoms with Crippen LogP contribution in [0.3, 0.4) is 0 Å². The quantitative estimate of drug-likeness (QED) is 0.797. The summed E-state index contributed by atoms with van der Waals surface area (Å²) in [7, 11) is -0.588. The van der Waals surface area contributed by atoms with Crippen LogP contribution in [0.2, 0.25) is 0 Å². The van der Waals surface area contributed by atoms with E-state index < -0.39 is 28.0 Å². The zero-order chi connectivity index (χ0) is 17.9. The SMILES string of the molecule is CC(C)[C@H](F)C(=O)N(C)c1ccc(S(=O)(=O)N(C)C(C)C)cc1. The summed E-state index contributed by atoms with van der Waals surface area (Å²) in [5.41, 5.74) is 0.449. The number of hydrogen-bond donors (Lipinski definition) is 0. The maximum atomic E-state index is 13.8. The molecule has 1 aromatic rings. The predicted octanol–water partition coefficient (Wildman–Crippen LogP) is 2.67. The normalized spacial score (nSPS) is 13.7. The Bertz CT molecular complexity index is 642. The largest absolute Gasteiger partial charge is 0.313 e. The fraction of sp³-hybridized carbons (Fsp3) is 0.562. The van der Waals surface area contributed by atoms with Crippen molar-refractivity contribution in [3.05, 3.63) is 24.3 Å². The van der Waals surface area contributed by atoms with Crippen LogP contribution in [0.25, 0.3) is 0 Å². The van der Waals surface area contributed by atoms with Crippen LogP contribution in [0, 0.1) is 5.92 Å². The van der Waals surface area contributed by atoms with Gasteiger partial charge in [-0.15, -0.1) is 0 Å². The molecule has 0 aliphatic carbocycles. The zero-order valence-corrected chi connectivity index (χ0v) is 15.3. The molecule has 0 aromatic heterocycles. The van der Waals surface area contributed by atoms with Crippen molar-refractivity contribution in [3.8, 4) is 0 Å². The van der Waals surface area contributed by atoms with Crippen molar-refractivity contribution in [2.45, 2.75) is 44.8 Å². The minimum absolute atomic E-state index is 0.138. The molecule has 7 heteroatoms. The number of sulfonamides is 1. The van der Waals surface area contributed by atoms with Gasteiger partial charge in [-0.3, -0.25) is 4.79 Å². The smallest absolute Gasteiger partial charge is 0.261 e. The Hall–Kier alpha value is -1.47. The monoisotopic (exact) mass is 344 g/mol. The maximum absolute atomic E-state index is 13.8. The van der Waals surface area contributed by atoms with Gasteiger partial charge in [0.1, 0.15) is 0 Å². The molecular formula is C16H25FN2O3S. The highest BCUT2D eigenvalue weighted by Gasteiger charge is 2.26. The highest BCUT2D eigenvalue weighted by atomic mass is 32.2. The van der Waals surface area contributed by atoms with Crippen molar-refractivity contribution >= 4 is 21.6 Å².